The highest BCUT2D eigenvalue weighted by atomic mass is 35.5. The Bertz CT molecular complexity index is 528. The maximum absolute atomic E-state index is 12.6. The maximum atomic E-state index is 12.6. The number of nitrogens with zero attached hydrogens (tertiary/aromatic N) is 2. The van der Waals surface area contributed by atoms with E-state index < -0.39 is 0 Å². The third kappa shape index (κ3) is 3.16. The first-order valence-corrected chi connectivity index (χ1v) is 8.11. The van der Waals surface area contributed by atoms with Crippen molar-refractivity contribution in [1.29, 1.82) is 0 Å². The van der Waals surface area contributed by atoms with Crippen LogP contribution in [0.2, 0.25) is 5.02 Å². The molecule has 1 amide bonds. The van der Waals surface area contributed by atoms with Crippen LogP contribution in [0.3, 0.4) is 0 Å². The van der Waals surface area contributed by atoms with Crippen LogP contribution in [0, 0.1) is 0 Å². The van der Waals surface area contributed by atoms with Crippen LogP contribution in [0.25, 0.3) is 0 Å². The van der Waals surface area contributed by atoms with Crippen molar-refractivity contribution in [2.75, 3.05) is 31.9 Å². The minimum atomic E-state index is 0.00881. The van der Waals surface area contributed by atoms with Gasteiger partial charge in [-0.25, -0.2) is 0 Å². The lowest BCUT2D eigenvalue weighted by atomic mass is 10.1. The summed E-state index contributed by atoms with van der Waals surface area (Å²) in [5.74, 6) is 0.00881. The molecule has 2 aliphatic rings. The van der Waals surface area contributed by atoms with Crippen molar-refractivity contribution in [2.45, 2.75) is 31.7 Å². The highest BCUT2D eigenvalue weighted by Crippen LogP contribution is 2.24. The second kappa shape index (κ2) is 6.24. The van der Waals surface area contributed by atoms with Gasteiger partial charge in [0.1, 0.15) is 0 Å². The molecule has 114 valence electrons. The summed E-state index contributed by atoms with van der Waals surface area (Å²) in [4.78, 5) is 17.1. The zero-order valence-corrected chi connectivity index (χ0v) is 13.0. The fourth-order valence-electron chi connectivity index (χ4n) is 3.39. The largest absolute Gasteiger partial charge is 0.398 e. The summed E-state index contributed by atoms with van der Waals surface area (Å²) in [5, 5.41) is 0.555. The smallest absolute Gasteiger partial charge is 0.256 e. The second-order valence-electron chi connectivity index (χ2n) is 6.02. The number of likely N-dealkylation sites (tertiary alicyclic amines) is 2. The van der Waals surface area contributed by atoms with Crippen LogP contribution in [0.15, 0.2) is 18.2 Å². The highest BCUT2D eigenvalue weighted by Gasteiger charge is 2.31. The van der Waals surface area contributed by atoms with Crippen molar-refractivity contribution in [3.8, 4) is 0 Å². The molecule has 0 radical (unpaired) electrons. The third-order valence-corrected chi connectivity index (χ3v) is 4.84. The Morgan fingerprint density at radius 1 is 1.19 bits per heavy atom. The lowest BCUT2D eigenvalue weighted by Crippen LogP contribution is -2.41. The van der Waals surface area contributed by atoms with E-state index in [1.807, 2.05) is 4.90 Å². The number of rotatable bonds is 2. The van der Waals surface area contributed by atoms with Gasteiger partial charge in [0.25, 0.3) is 5.91 Å². The zero-order chi connectivity index (χ0) is 14.8. The van der Waals surface area contributed by atoms with E-state index in [4.69, 9.17) is 17.3 Å². The van der Waals surface area contributed by atoms with Gasteiger partial charge in [-0.2, -0.15) is 0 Å². The van der Waals surface area contributed by atoms with E-state index in [0.717, 1.165) is 19.5 Å². The average Bonchev–Trinajstić information content (AvgIpc) is 3.00. The van der Waals surface area contributed by atoms with Gasteiger partial charge in [0, 0.05) is 29.8 Å². The Hall–Kier alpha value is -1.26. The van der Waals surface area contributed by atoms with E-state index in [1.54, 1.807) is 18.2 Å². The Balaban J connectivity index is 1.67. The lowest BCUT2D eigenvalue weighted by molar-refractivity contribution is 0.0772. The quantitative estimate of drug-likeness (QED) is 0.855. The number of hydrogen-bond donors (Lipinski definition) is 1. The van der Waals surface area contributed by atoms with Gasteiger partial charge in [-0.1, -0.05) is 18.0 Å². The van der Waals surface area contributed by atoms with Crippen LogP contribution in [0.5, 0.6) is 0 Å². The minimum absolute atomic E-state index is 0.00881. The van der Waals surface area contributed by atoms with Gasteiger partial charge in [0.15, 0.2) is 0 Å². The number of carbonyl (C=O) groups excluding carboxylic acids is 1. The topological polar surface area (TPSA) is 49.6 Å². The van der Waals surface area contributed by atoms with E-state index in [0.29, 0.717) is 22.3 Å². The Kier molecular flexibility index (Phi) is 4.36. The molecule has 2 saturated heterocycles. The van der Waals surface area contributed by atoms with Crippen molar-refractivity contribution < 1.29 is 4.79 Å². The molecule has 2 heterocycles. The van der Waals surface area contributed by atoms with Crippen LogP contribution >= 0.6 is 11.6 Å². The predicted molar refractivity (Wildman–Crippen MR) is 85.6 cm³/mol. The van der Waals surface area contributed by atoms with Crippen LogP contribution < -0.4 is 5.73 Å². The van der Waals surface area contributed by atoms with Crippen molar-refractivity contribution in [1.82, 2.24) is 9.80 Å². The molecular formula is C16H22ClN3O. The number of benzene rings is 1. The first-order chi connectivity index (χ1) is 10.1. The van der Waals surface area contributed by atoms with E-state index in [1.165, 1.54) is 32.4 Å². The maximum Gasteiger partial charge on any atom is 0.256 e. The number of nitrogen functional groups attached to an aromatic ring is 1. The van der Waals surface area contributed by atoms with Crippen molar-refractivity contribution in [3.05, 3.63) is 28.8 Å². The summed E-state index contributed by atoms with van der Waals surface area (Å²) in [6.07, 6.45) is 4.97. The van der Waals surface area contributed by atoms with Crippen LogP contribution in [-0.2, 0) is 0 Å². The van der Waals surface area contributed by atoms with E-state index >= 15 is 0 Å². The molecule has 0 aliphatic carbocycles. The molecule has 1 unspecified atom stereocenters. The third-order valence-electron chi connectivity index (χ3n) is 4.60. The number of nitrogens with two attached hydrogens (primary N) is 1. The van der Waals surface area contributed by atoms with Gasteiger partial charge in [0.05, 0.1) is 5.56 Å². The molecule has 0 saturated carbocycles. The molecule has 3 rings (SSSR count). The van der Waals surface area contributed by atoms with E-state index in [2.05, 4.69) is 4.90 Å². The molecule has 1 aromatic rings. The second-order valence-corrected chi connectivity index (χ2v) is 6.46. The normalized spacial score (nSPS) is 23.5. The van der Waals surface area contributed by atoms with Crippen molar-refractivity contribution in [2.24, 2.45) is 0 Å². The Morgan fingerprint density at radius 2 is 1.95 bits per heavy atom. The molecule has 0 bridgehead atoms. The Labute approximate surface area is 130 Å². The number of amides is 1. The SMILES string of the molecule is Nc1ccc(Cl)cc1C(=O)N1CCC(N2CCCCC2)C1. The molecule has 4 nitrogen and oxygen atoms in total. The number of hydrogen-bond acceptors (Lipinski definition) is 3. The molecule has 2 N–H and O–H groups in total. The molecule has 0 aromatic heterocycles. The monoisotopic (exact) mass is 307 g/mol. The van der Waals surface area contributed by atoms with Crippen molar-refractivity contribution >= 4 is 23.2 Å². The summed E-state index contributed by atoms with van der Waals surface area (Å²) in [7, 11) is 0. The standard InChI is InChI=1S/C16H22ClN3O/c17-12-4-5-15(18)14(10-12)16(21)20-9-6-13(11-20)19-7-2-1-3-8-19/h4-5,10,13H,1-3,6-9,11,18H2. The predicted octanol–water partition coefficient (Wildman–Crippen LogP) is 2.62. The van der Waals surface area contributed by atoms with Crippen molar-refractivity contribution in [3.63, 3.8) is 0 Å². The Morgan fingerprint density at radius 3 is 2.71 bits per heavy atom. The first kappa shape index (κ1) is 14.7. The van der Waals surface area contributed by atoms with Crippen LogP contribution in [-0.4, -0.2) is 47.9 Å². The fourth-order valence-corrected chi connectivity index (χ4v) is 3.56. The minimum Gasteiger partial charge on any atom is -0.398 e. The lowest BCUT2D eigenvalue weighted by Gasteiger charge is -2.32. The van der Waals surface area contributed by atoms with Gasteiger partial charge >= 0.3 is 0 Å². The number of piperidine rings is 1. The molecule has 2 fully saturated rings. The zero-order valence-electron chi connectivity index (χ0n) is 12.2. The van der Waals surface area contributed by atoms with Gasteiger partial charge in [-0.3, -0.25) is 9.69 Å². The summed E-state index contributed by atoms with van der Waals surface area (Å²) in [5.41, 5.74) is 6.95. The van der Waals surface area contributed by atoms with Gasteiger partial charge in [-0.15, -0.1) is 0 Å². The average molecular weight is 308 g/mol. The van der Waals surface area contributed by atoms with Gasteiger partial charge in [-0.05, 0) is 50.6 Å². The summed E-state index contributed by atoms with van der Waals surface area (Å²) in [6, 6.07) is 5.60. The molecule has 21 heavy (non-hydrogen) atoms. The highest BCUT2D eigenvalue weighted by molar-refractivity contribution is 6.31. The molecular weight excluding hydrogens is 286 g/mol. The molecule has 1 atom stereocenters. The molecule has 1 aromatic carbocycles. The first-order valence-electron chi connectivity index (χ1n) is 7.73. The summed E-state index contributed by atoms with van der Waals surface area (Å²) in [6.45, 7) is 3.97. The summed E-state index contributed by atoms with van der Waals surface area (Å²) >= 11 is 5.98. The fraction of sp³-hybridized carbons (Fsp3) is 0.562. The van der Waals surface area contributed by atoms with Gasteiger partial charge in [0.2, 0.25) is 0 Å². The van der Waals surface area contributed by atoms with E-state index in [-0.39, 0.29) is 5.91 Å². The number of halogens is 1. The summed E-state index contributed by atoms with van der Waals surface area (Å²) < 4.78 is 0. The molecule has 2 aliphatic heterocycles. The van der Waals surface area contributed by atoms with Crippen LogP contribution in [0.4, 0.5) is 5.69 Å². The molecule has 5 heteroatoms. The number of carbonyl (C=O) groups is 1. The number of anilines is 1. The molecule has 0 spiro atoms. The van der Waals surface area contributed by atoms with E-state index in [9.17, 15) is 4.79 Å². The van der Waals surface area contributed by atoms with Crippen LogP contribution in [0.1, 0.15) is 36.0 Å². The van der Waals surface area contributed by atoms with Gasteiger partial charge < -0.3 is 10.6 Å².